The molecule has 0 nitrogen and oxygen atoms in total. The SMILES string of the molecule is CCCc1cc(C)ccc1C1=C(C)C(C)C=Cc2c1ccc1c2ccc2ccccc21. The Labute approximate surface area is 185 Å². The Bertz CT molecular complexity index is 1360. The summed E-state index contributed by atoms with van der Waals surface area (Å²) in [6.07, 6.45) is 7.01. The minimum atomic E-state index is 0.411. The van der Waals surface area contributed by atoms with E-state index in [1.165, 1.54) is 60.5 Å². The molecule has 0 heteroatoms. The average Bonchev–Trinajstić information content (AvgIpc) is 2.91. The quantitative estimate of drug-likeness (QED) is 0.300. The predicted octanol–water partition coefficient (Wildman–Crippen LogP) is 8.74. The van der Waals surface area contributed by atoms with Crippen molar-refractivity contribution in [3.63, 3.8) is 0 Å². The molecule has 0 radical (unpaired) electrons. The molecule has 154 valence electrons. The predicted molar refractivity (Wildman–Crippen MR) is 137 cm³/mol. The second kappa shape index (κ2) is 7.85. The van der Waals surface area contributed by atoms with E-state index in [4.69, 9.17) is 0 Å². The van der Waals surface area contributed by atoms with E-state index in [1.54, 1.807) is 0 Å². The molecule has 31 heavy (non-hydrogen) atoms. The van der Waals surface area contributed by atoms with Gasteiger partial charge in [0.2, 0.25) is 0 Å². The largest absolute Gasteiger partial charge is 0.0770 e. The van der Waals surface area contributed by atoms with Crippen LogP contribution in [-0.2, 0) is 6.42 Å². The summed E-state index contributed by atoms with van der Waals surface area (Å²) in [7, 11) is 0. The molecule has 0 heterocycles. The molecule has 0 N–H and O–H groups in total. The maximum atomic E-state index is 2.39. The van der Waals surface area contributed by atoms with E-state index in [2.05, 4.69) is 107 Å². The summed E-state index contributed by atoms with van der Waals surface area (Å²) in [6.45, 7) is 9.12. The smallest absolute Gasteiger partial charge is 0.00416 e. The van der Waals surface area contributed by atoms with Crippen molar-refractivity contribution in [3.8, 4) is 0 Å². The van der Waals surface area contributed by atoms with Gasteiger partial charge in [-0.2, -0.15) is 0 Å². The highest BCUT2D eigenvalue weighted by Crippen LogP contribution is 2.41. The first-order valence-electron chi connectivity index (χ1n) is 11.5. The van der Waals surface area contributed by atoms with Crippen LogP contribution in [0.15, 0.2) is 78.4 Å². The van der Waals surface area contributed by atoms with Crippen molar-refractivity contribution in [1.29, 1.82) is 0 Å². The van der Waals surface area contributed by atoms with Crippen LogP contribution >= 0.6 is 0 Å². The fourth-order valence-electron chi connectivity index (χ4n) is 5.13. The fraction of sp³-hybridized carbons (Fsp3) is 0.226. The van der Waals surface area contributed by atoms with E-state index in [1.807, 2.05) is 0 Å². The third-order valence-corrected chi connectivity index (χ3v) is 6.92. The molecular weight excluding hydrogens is 372 g/mol. The molecule has 0 saturated heterocycles. The van der Waals surface area contributed by atoms with E-state index in [-0.39, 0.29) is 0 Å². The molecular formula is C31H30. The van der Waals surface area contributed by atoms with Crippen molar-refractivity contribution in [2.75, 3.05) is 0 Å². The summed E-state index contributed by atoms with van der Waals surface area (Å²) in [6, 6.07) is 25.0. The fourth-order valence-corrected chi connectivity index (χ4v) is 5.13. The molecule has 1 unspecified atom stereocenters. The summed E-state index contributed by atoms with van der Waals surface area (Å²) >= 11 is 0. The lowest BCUT2D eigenvalue weighted by Gasteiger charge is -2.20. The van der Waals surface area contributed by atoms with Crippen LogP contribution in [-0.4, -0.2) is 0 Å². The Morgan fingerprint density at radius 3 is 2.39 bits per heavy atom. The second-order valence-electron chi connectivity index (χ2n) is 9.03. The number of aryl methyl sites for hydroxylation is 2. The van der Waals surface area contributed by atoms with Crippen LogP contribution in [0.4, 0.5) is 0 Å². The Morgan fingerprint density at radius 1 is 0.774 bits per heavy atom. The Hall–Kier alpha value is -3.12. The first-order valence-corrected chi connectivity index (χ1v) is 11.5. The highest BCUT2D eigenvalue weighted by Gasteiger charge is 2.21. The molecule has 4 aromatic rings. The molecule has 0 fully saturated rings. The van der Waals surface area contributed by atoms with E-state index in [9.17, 15) is 0 Å². The maximum absolute atomic E-state index is 2.39. The molecule has 0 amide bonds. The van der Waals surface area contributed by atoms with Crippen LogP contribution in [0.3, 0.4) is 0 Å². The summed E-state index contributed by atoms with van der Waals surface area (Å²) in [4.78, 5) is 0. The number of fused-ring (bicyclic) bond motifs is 5. The third kappa shape index (κ3) is 3.31. The molecule has 1 aliphatic carbocycles. The number of hydrogen-bond donors (Lipinski definition) is 0. The van der Waals surface area contributed by atoms with Crippen molar-refractivity contribution >= 4 is 33.2 Å². The third-order valence-electron chi connectivity index (χ3n) is 6.92. The highest BCUT2D eigenvalue weighted by atomic mass is 14.3. The van der Waals surface area contributed by atoms with Gasteiger partial charge in [0, 0.05) is 0 Å². The van der Waals surface area contributed by atoms with E-state index in [0.717, 1.165) is 12.8 Å². The molecule has 0 saturated carbocycles. The molecule has 1 atom stereocenters. The van der Waals surface area contributed by atoms with E-state index >= 15 is 0 Å². The summed E-state index contributed by atoms with van der Waals surface area (Å²) in [5.74, 6) is 0.411. The van der Waals surface area contributed by atoms with Gasteiger partial charge in [-0.05, 0) is 75.6 Å². The lowest BCUT2D eigenvalue weighted by atomic mass is 9.83. The summed E-state index contributed by atoms with van der Waals surface area (Å²) in [5, 5.41) is 5.32. The standard InChI is InChI=1S/C31H30/c1-5-8-24-19-20(2)11-14-26(24)31-22(4)21(3)12-15-29-28-16-13-23-9-6-7-10-25(23)27(28)17-18-30(29)31/h6-7,9-19,21H,5,8H2,1-4H3. The second-order valence-corrected chi connectivity index (χ2v) is 9.03. The normalized spacial score (nSPS) is 16.1. The number of rotatable bonds is 3. The summed E-state index contributed by atoms with van der Waals surface area (Å²) < 4.78 is 0. The van der Waals surface area contributed by atoms with Crippen LogP contribution in [0.5, 0.6) is 0 Å². The van der Waals surface area contributed by atoms with Gasteiger partial charge in [-0.3, -0.25) is 0 Å². The first-order chi connectivity index (χ1) is 15.1. The van der Waals surface area contributed by atoms with Gasteiger partial charge in [-0.15, -0.1) is 0 Å². The average molecular weight is 403 g/mol. The van der Waals surface area contributed by atoms with Gasteiger partial charge in [0.25, 0.3) is 0 Å². The first kappa shape index (κ1) is 19.8. The lowest BCUT2D eigenvalue weighted by molar-refractivity contribution is 0.870. The minimum Gasteiger partial charge on any atom is -0.0770 e. The highest BCUT2D eigenvalue weighted by molar-refractivity contribution is 6.12. The van der Waals surface area contributed by atoms with Crippen LogP contribution in [0.1, 0.15) is 55.0 Å². The van der Waals surface area contributed by atoms with Crippen molar-refractivity contribution in [2.45, 2.75) is 40.5 Å². The van der Waals surface area contributed by atoms with Crippen LogP contribution < -0.4 is 0 Å². The minimum absolute atomic E-state index is 0.411. The molecule has 0 aliphatic heterocycles. The van der Waals surface area contributed by atoms with E-state index < -0.39 is 0 Å². The monoisotopic (exact) mass is 402 g/mol. The van der Waals surface area contributed by atoms with Gasteiger partial charge in [-0.25, -0.2) is 0 Å². The molecule has 5 rings (SSSR count). The van der Waals surface area contributed by atoms with Crippen molar-refractivity contribution in [2.24, 2.45) is 5.92 Å². The van der Waals surface area contributed by atoms with E-state index in [0.29, 0.717) is 5.92 Å². The van der Waals surface area contributed by atoms with Crippen LogP contribution in [0.25, 0.3) is 33.2 Å². The zero-order chi connectivity index (χ0) is 21.5. The molecule has 0 spiro atoms. The van der Waals surface area contributed by atoms with Gasteiger partial charge >= 0.3 is 0 Å². The van der Waals surface area contributed by atoms with Crippen LogP contribution in [0.2, 0.25) is 0 Å². The summed E-state index contributed by atoms with van der Waals surface area (Å²) in [5.41, 5.74) is 9.81. The van der Waals surface area contributed by atoms with Gasteiger partial charge < -0.3 is 0 Å². The molecule has 0 bridgehead atoms. The number of allylic oxidation sites excluding steroid dienone is 2. The molecule has 4 aromatic carbocycles. The zero-order valence-corrected chi connectivity index (χ0v) is 19.0. The Morgan fingerprint density at radius 2 is 1.55 bits per heavy atom. The molecule has 0 aromatic heterocycles. The van der Waals surface area contributed by atoms with Gasteiger partial charge in [0.1, 0.15) is 0 Å². The van der Waals surface area contributed by atoms with Gasteiger partial charge in [0.05, 0.1) is 0 Å². The maximum Gasteiger partial charge on any atom is -0.00416 e. The molecule has 1 aliphatic rings. The van der Waals surface area contributed by atoms with Gasteiger partial charge in [0.15, 0.2) is 0 Å². The van der Waals surface area contributed by atoms with Crippen molar-refractivity contribution in [3.05, 3.63) is 106 Å². The topological polar surface area (TPSA) is 0 Å². The van der Waals surface area contributed by atoms with Gasteiger partial charge in [-0.1, -0.05) is 110 Å². The van der Waals surface area contributed by atoms with Crippen molar-refractivity contribution < 1.29 is 0 Å². The Balaban J connectivity index is 1.84. The number of hydrogen-bond acceptors (Lipinski definition) is 0. The van der Waals surface area contributed by atoms with Crippen molar-refractivity contribution in [1.82, 2.24) is 0 Å². The zero-order valence-electron chi connectivity index (χ0n) is 19.0. The lowest BCUT2D eigenvalue weighted by Crippen LogP contribution is -2.02. The van der Waals surface area contributed by atoms with Crippen LogP contribution in [0, 0.1) is 12.8 Å². The Kier molecular flexibility index (Phi) is 5.02. The number of benzene rings is 4.